The number of rotatable bonds is 16. The van der Waals surface area contributed by atoms with Gasteiger partial charge in [-0.15, -0.1) is 43.4 Å². The van der Waals surface area contributed by atoms with E-state index >= 15 is 0 Å². The number of thioether (sulfide) groups is 4. The molecule has 0 aliphatic heterocycles. The number of nitrogens with zero attached hydrogens (tertiary/aromatic N) is 8. The van der Waals surface area contributed by atoms with Crippen LogP contribution in [0.5, 0.6) is 0 Å². The molecule has 0 bridgehead atoms. The molecular weight excluding hydrogens is 1040 g/mol. The molecule has 0 aliphatic rings. The molecule has 64 heavy (non-hydrogen) atoms. The maximum atomic E-state index is 11.3. The molecule has 0 saturated heterocycles. The predicted molar refractivity (Wildman–Crippen MR) is 236 cm³/mol. The monoisotopic (exact) mass is 1090 g/mol. The molecule has 20 nitrogen and oxygen atoms in total. The number of carbonyl (C=O) groups is 8. The number of hydrogen-bond acceptors (Lipinski definition) is 22. The molecular formula is C36H52Mn2N8O12S6. The molecule has 0 fully saturated rings. The van der Waals surface area contributed by atoms with E-state index in [9.17, 15) is 58.8 Å². The maximum Gasteiger partial charge on any atom is 2.00 e. The number of aromatic nitrogens is 4. The van der Waals surface area contributed by atoms with E-state index in [1.807, 2.05) is 0 Å². The molecule has 0 N–H and O–H groups in total. The Hall–Kier alpha value is -3.72. The molecule has 0 saturated carbocycles. The Balaban J connectivity index is -0.000000181. The Labute approximate surface area is 420 Å². The second-order valence-electron chi connectivity index (χ2n) is 12.1. The van der Waals surface area contributed by atoms with Gasteiger partial charge in [0.2, 0.25) is 25.6 Å². The Kier molecular flexibility index (Phi) is 45.8. The first-order valence-corrected chi connectivity index (χ1v) is 21.8. The summed E-state index contributed by atoms with van der Waals surface area (Å²) in [6.07, 6.45) is 3.00. The minimum atomic E-state index is -0.336. The molecule has 0 spiro atoms. The molecule has 2 radical (unpaired) electrons. The molecule has 28 heteroatoms. The zero-order valence-electron chi connectivity index (χ0n) is 38.0. The van der Waals surface area contributed by atoms with E-state index in [0.29, 0.717) is 17.4 Å². The van der Waals surface area contributed by atoms with E-state index in [1.54, 1.807) is 56.4 Å². The summed E-state index contributed by atoms with van der Waals surface area (Å²) in [5.74, 6) is -2.69. The minimum Gasteiger partial charge on any atom is -0.875 e. The van der Waals surface area contributed by atoms with Crippen LogP contribution in [0.25, 0.3) is 0 Å². The third-order valence-corrected chi connectivity index (χ3v) is 12.1. The second-order valence-corrected chi connectivity index (χ2v) is 19.1. The van der Waals surface area contributed by atoms with E-state index in [2.05, 4.69) is 20.4 Å². The number of hydrogen-bond donors (Lipinski definition) is 0. The smallest absolute Gasteiger partial charge is 0.875 e. The molecule has 0 aromatic carbocycles. The van der Waals surface area contributed by atoms with Crippen LogP contribution in [-0.2, 0) is 72.5 Å². The second kappa shape index (κ2) is 40.8. The Morgan fingerprint density at radius 3 is 0.594 bits per heavy atom. The average Bonchev–Trinajstić information content (AvgIpc) is 3.83. The quantitative estimate of drug-likeness (QED) is 0.0744. The Morgan fingerprint density at radius 1 is 0.391 bits per heavy atom. The number of ketones is 4. The van der Waals surface area contributed by atoms with Gasteiger partial charge in [0, 0.05) is 76.0 Å². The van der Waals surface area contributed by atoms with E-state index in [4.69, 9.17) is 0 Å². The summed E-state index contributed by atoms with van der Waals surface area (Å²) in [7, 11) is 13.5. The fraction of sp³-hybridized carbons (Fsp3) is 0.444. The van der Waals surface area contributed by atoms with Crippen molar-refractivity contribution in [3.05, 3.63) is 42.7 Å². The molecule has 358 valence electrons. The molecule has 4 amide bonds. The SMILES string of the molecule is CC(=O)/C(Sc1nnc(S/C(C(C)=O)=C(\C)[O-])s1)=C(/C)[O-].CC(=O)/C(Sc1nnc(S/C(C(C)=O)=C(\C)[O-])s1)=C(/C)[O-].CN(C)C=O.CN(C)C=O.CN(C)C=O.CN(C)C=O.[Mn+2].[Mn+2]. The summed E-state index contributed by atoms with van der Waals surface area (Å²) in [4.78, 5) is 89.1. The van der Waals surface area contributed by atoms with Crippen LogP contribution < -0.4 is 20.4 Å². The minimum absolute atomic E-state index is 0. The number of allylic oxidation sites excluding steroid dienone is 8. The van der Waals surface area contributed by atoms with Crippen molar-refractivity contribution < 1.29 is 92.9 Å². The van der Waals surface area contributed by atoms with Crippen LogP contribution in [0.2, 0.25) is 0 Å². The molecule has 2 aromatic heterocycles. The van der Waals surface area contributed by atoms with Crippen LogP contribution in [0.15, 0.2) is 60.0 Å². The third-order valence-electron chi connectivity index (χ3n) is 4.93. The van der Waals surface area contributed by atoms with Crippen molar-refractivity contribution in [1.29, 1.82) is 0 Å². The standard InChI is InChI=1S/2C12H14N2O4S3.4C3H7NO.2Mn/c2*1-5(15)9(6(2)16)19-11-13-14-12(21-11)20-10(7(3)17)8(4)18;4*1-4(2)3-5;;/h2*15,17H,1-4H3;4*3H,1-2H3;;/q;;;;;;2*+2/p-4/b2*9-5+,10-7+;;;;;;. The maximum absolute atomic E-state index is 11.3. The van der Waals surface area contributed by atoms with E-state index in [0.717, 1.165) is 95.4 Å². The van der Waals surface area contributed by atoms with Crippen molar-refractivity contribution in [3.8, 4) is 0 Å². The zero-order valence-corrected chi connectivity index (χ0v) is 45.3. The van der Waals surface area contributed by atoms with Crippen LogP contribution in [-0.4, -0.2) is 145 Å². The van der Waals surface area contributed by atoms with Gasteiger partial charge in [0.25, 0.3) is 0 Å². The fourth-order valence-corrected chi connectivity index (χ4v) is 8.21. The first-order chi connectivity index (χ1) is 28.5. The van der Waals surface area contributed by atoms with Gasteiger partial charge in [-0.1, -0.05) is 97.4 Å². The Morgan fingerprint density at radius 2 is 0.516 bits per heavy atom. The van der Waals surface area contributed by atoms with Crippen molar-refractivity contribution in [2.45, 2.75) is 72.7 Å². The molecule has 2 rings (SSSR count). The average molecular weight is 1090 g/mol. The van der Waals surface area contributed by atoms with Gasteiger partial charge in [0.1, 0.15) is 0 Å². The first kappa shape index (κ1) is 71.9. The van der Waals surface area contributed by atoms with Crippen molar-refractivity contribution >= 4 is 118 Å². The summed E-state index contributed by atoms with van der Waals surface area (Å²) in [5, 5.41) is 60.7. The zero-order chi connectivity index (χ0) is 49.4. The molecule has 0 aliphatic carbocycles. The van der Waals surface area contributed by atoms with Crippen molar-refractivity contribution in [2.24, 2.45) is 0 Å². The van der Waals surface area contributed by atoms with Crippen LogP contribution in [0.4, 0.5) is 0 Å². The molecule has 2 heterocycles. The third kappa shape index (κ3) is 38.7. The van der Waals surface area contributed by atoms with Gasteiger partial charge in [-0.25, -0.2) is 0 Å². The topological polar surface area (TPSA) is 293 Å². The summed E-state index contributed by atoms with van der Waals surface area (Å²) in [6, 6.07) is 0. The van der Waals surface area contributed by atoms with Crippen LogP contribution in [0, 0.1) is 0 Å². The van der Waals surface area contributed by atoms with Crippen molar-refractivity contribution in [3.63, 3.8) is 0 Å². The van der Waals surface area contributed by atoms with Gasteiger partial charge in [-0.05, 0) is 27.7 Å². The fourth-order valence-electron chi connectivity index (χ4n) is 2.48. The number of carbonyl (C=O) groups excluding carboxylic acids is 8. The van der Waals surface area contributed by atoms with Gasteiger partial charge in [-0.3, -0.25) is 38.4 Å². The predicted octanol–water partition coefficient (Wildman–Crippen LogP) is 0.980. The van der Waals surface area contributed by atoms with Crippen molar-refractivity contribution in [1.82, 2.24) is 40.0 Å². The number of Topliss-reactive ketones (excluding diaryl/α,β-unsaturated/α-hetero) is 4. The summed E-state index contributed by atoms with van der Waals surface area (Å²) in [5.41, 5.74) is 0. The van der Waals surface area contributed by atoms with E-state index < -0.39 is 0 Å². The first-order valence-electron chi connectivity index (χ1n) is 16.9. The normalized spacial score (nSPS) is 11.0. The van der Waals surface area contributed by atoms with Crippen LogP contribution >= 0.6 is 69.7 Å². The van der Waals surface area contributed by atoms with Crippen LogP contribution in [0.1, 0.15) is 55.4 Å². The number of amides is 4. The summed E-state index contributed by atoms with van der Waals surface area (Å²) < 4.78 is 1.63. The summed E-state index contributed by atoms with van der Waals surface area (Å²) >= 11 is 5.98. The molecule has 0 atom stereocenters. The van der Waals surface area contributed by atoms with Gasteiger partial charge >= 0.3 is 34.1 Å². The largest absolute Gasteiger partial charge is 2.00 e. The van der Waals surface area contributed by atoms with Gasteiger partial charge in [-0.2, -0.15) is 0 Å². The Bertz CT molecular complexity index is 1640. The van der Waals surface area contributed by atoms with Gasteiger partial charge < -0.3 is 40.0 Å². The van der Waals surface area contributed by atoms with Gasteiger partial charge in [0.05, 0.1) is 0 Å². The van der Waals surface area contributed by atoms with Crippen LogP contribution in [0.3, 0.4) is 0 Å². The summed E-state index contributed by atoms with van der Waals surface area (Å²) in [6.45, 7) is 10.4. The van der Waals surface area contributed by atoms with Crippen molar-refractivity contribution in [2.75, 3.05) is 56.4 Å². The van der Waals surface area contributed by atoms with E-state index in [-0.39, 0.29) is 99.9 Å². The molecule has 2 aromatic rings. The van der Waals surface area contributed by atoms with Gasteiger partial charge in [0.15, 0.2) is 40.5 Å². The molecule has 0 unspecified atom stereocenters. The van der Waals surface area contributed by atoms with E-state index in [1.165, 1.54) is 75.0 Å².